The Balaban J connectivity index is 1.49. The smallest absolute Gasteiger partial charge is 0.261 e. The number of nitrogens with one attached hydrogen (secondary N) is 1. The number of hydrogen-bond acceptors (Lipinski definition) is 5. The van der Waals surface area contributed by atoms with Crippen molar-refractivity contribution in [2.75, 3.05) is 0 Å². The molecule has 3 fully saturated rings. The van der Waals surface area contributed by atoms with Crippen LogP contribution < -0.4 is 15.8 Å². The number of carbonyl (C=O) groups excluding carboxylic acids is 2. The van der Waals surface area contributed by atoms with E-state index in [2.05, 4.69) is 5.32 Å². The van der Waals surface area contributed by atoms with Crippen molar-refractivity contribution in [1.82, 2.24) is 5.32 Å². The molecule has 5 rings (SSSR count). The van der Waals surface area contributed by atoms with Gasteiger partial charge in [-0.3, -0.25) is 9.59 Å². The third-order valence-corrected chi connectivity index (χ3v) is 6.18. The molecule has 2 atom stereocenters. The average molecular weight is 365 g/mol. The molecule has 4 aliphatic rings. The fourth-order valence-corrected chi connectivity index (χ4v) is 4.44. The number of benzene rings is 1. The minimum Gasteiger partial charge on any atom is -0.479 e. The van der Waals surface area contributed by atoms with Crippen LogP contribution >= 0.6 is 11.6 Å². The number of aliphatic hydroxyl groups is 1. The molecule has 0 radical (unpaired) electrons. The number of ether oxygens (including phenoxy) is 1. The second-order valence-electron chi connectivity index (χ2n) is 7.60. The zero-order valence-electron chi connectivity index (χ0n) is 13.8. The van der Waals surface area contributed by atoms with Gasteiger partial charge in [-0.05, 0) is 50.3 Å². The predicted molar refractivity (Wildman–Crippen MR) is 91.7 cm³/mol. The van der Waals surface area contributed by atoms with E-state index in [1.165, 1.54) is 0 Å². The maximum atomic E-state index is 12.7. The van der Waals surface area contributed by atoms with Crippen LogP contribution in [0.25, 0.3) is 0 Å². The molecule has 3 saturated carbocycles. The summed E-state index contributed by atoms with van der Waals surface area (Å²) in [7, 11) is 0. The lowest BCUT2D eigenvalue weighted by Crippen LogP contribution is -2.69. The maximum Gasteiger partial charge on any atom is 0.261 e. The van der Waals surface area contributed by atoms with Gasteiger partial charge in [0.2, 0.25) is 0 Å². The van der Waals surface area contributed by atoms with E-state index in [1.807, 2.05) is 0 Å². The number of amides is 1. The molecule has 6 nitrogen and oxygen atoms in total. The third-order valence-electron chi connectivity index (χ3n) is 5.95. The molecule has 1 aromatic carbocycles. The van der Waals surface area contributed by atoms with Gasteiger partial charge in [0.1, 0.15) is 5.75 Å². The van der Waals surface area contributed by atoms with Crippen LogP contribution in [-0.4, -0.2) is 40.1 Å². The molecule has 1 amide bonds. The van der Waals surface area contributed by atoms with Crippen LogP contribution in [0.15, 0.2) is 18.2 Å². The minimum absolute atomic E-state index is 0.0152. The van der Waals surface area contributed by atoms with Crippen LogP contribution in [0.5, 0.6) is 5.75 Å². The number of fused-ring (bicyclic) bond motifs is 4. The van der Waals surface area contributed by atoms with E-state index in [0.29, 0.717) is 35.6 Å². The number of rotatable bonds is 2. The topological polar surface area (TPSA) is 102 Å². The van der Waals surface area contributed by atoms with E-state index in [-0.39, 0.29) is 18.1 Å². The molecule has 1 aliphatic heterocycles. The van der Waals surface area contributed by atoms with Crippen molar-refractivity contribution in [1.29, 1.82) is 0 Å². The molecule has 25 heavy (non-hydrogen) atoms. The quantitative estimate of drug-likeness (QED) is 0.739. The normalized spacial score (nSPS) is 36.5. The van der Waals surface area contributed by atoms with Crippen LogP contribution in [0, 0.1) is 0 Å². The van der Waals surface area contributed by atoms with Crippen LogP contribution in [0.2, 0.25) is 5.02 Å². The Morgan fingerprint density at radius 2 is 2.04 bits per heavy atom. The van der Waals surface area contributed by atoms with E-state index >= 15 is 0 Å². The Morgan fingerprint density at radius 3 is 2.72 bits per heavy atom. The molecule has 134 valence electrons. The molecule has 1 heterocycles. The average Bonchev–Trinajstić information content (AvgIpc) is 2.57. The van der Waals surface area contributed by atoms with Crippen molar-refractivity contribution in [3.05, 3.63) is 28.8 Å². The van der Waals surface area contributed by atoms with Gasteiger partial charge in [-0.25, -0.2) is 0 Å². The maximum absolute atomic E-state index is 12.7. The molecule has 4 N–H and O–H groups in total. The fraction of sp³-hybridized carbons (Fsp3) is 0.556. The number of ketones is 1. The predicted octanol–water partition coefficient (Wildman–Crippen LogP) is 1.56. The zero-order chi connectivity index (χ0) is 17.8. The second-order valence-corrected chi connectivity index (χ2v) is 8.03. The summed E-state index contributed by atoms with van der Waals surface area (Å²) >= 11 is 5.92. The van der Waals surface area contributed by atoms with Crippen molar-refractivity contribution in [3.8, 4) is 5.75 Å². The van der Waals surface area contributed by atoms with Crippen LogP contribution in [0.3, 0.4) is 0 Å². The Hall–Kier alpha value is -1.63. The van der Waals surface area contributed by atoms with Gasteiger partial charge in [0.15, 0.2) is 11.9 Å². The zero-order valence-corrected chi connectivity index (χ0v) is 14.5. The minimum atomic E-state index is -0.862. The first-order valence-corrected chi connectivity index (χ1v) is 8.97. The van der Waals surface area contributed by atoms with E-state index in [1.54, 1.807) is 18.2 Å². The van der Waals surface area contributed by atoms with Crippen molar-refractivity contribution >= 4 is 23.3 Å². The number of aliphatic hydroxyl groups excluding tert-OH is 1. The van der Waals surface area contributed by atoms with E-state index < -0.39 is 23.3 Å². The van der Waals surface area contributed by atoms with Crippen molar-refractivity contribution in [2.45, 2.75) is 61.8 Å². The summed E-state index contributed by atoms with van der Waals surface area (Å²) in [4.78, 5) is 25.1. The van der Waals surface area contributed by atoms with E-state index in [0.717, 1.165) is 12.8 Å². The summed E-state index contributed by atoms with van der Waals surface area (Å²) in [5.41, 5.74) is 5.64. The standard InChI is InChI=1S/C18H21ClN2O4/c19-10-1-2-13-11(7-10)12(22)8-14(25-13)16(24)21-17-3-5-18(20,6-4-17)15(23)9-17/h1-2,7,14-15,23H,3-6,8-9,20H2,(H,21,24). The number of halogens is 1. The van der Waals surface area contributed by atoms with Gasteiger partial charge < -0.3 is 20.9 Å². The fourth-order valence-electron chi connectivity index (χ4n) is 4.26. The lowest BCUT2D eigenvalue weighted by molar-refractivity contribution is -0.134. The molecular formula is C18H21ClN2O4. The summed E-state index contributed by atoms with van der Waals surface area (Å²) in [5, 5.41) is 13.8. The van der Waals surface area contributed by atoms with Gasteiger partial charge in [-0.1, -0.05) is 11.6 Å². The molecule has 0 aromatic heterocycles. The highest BCUT2D eigenvalue weighted by atomic mass is 35.5. The summed E-state index contributed by atoms with van der Waals surface area (Å²) in [5.74, 6) is -0.0890. The van der Waals surface area contributed by atoms with Crippen LogP contribution in [-0.2, 0) is 4.79 Å². The largest absolute Gasteiger partial charge is 0.479 e. The van der Waals surface area contributed by atoms with Gasteiger partial charge in [0, 0.05) is 16.1 Å². The SMILES string of the molecule is NC12CCC(NC(=O)C3CC(=O)c4cc(Cl)ccc4O3)(CC1)CC2O. The molecular weight excluding hydrogens is 344 g/mol. The number of hydrogen-bond donors (Lipinski definition) is 3. The van der Waals surface area contributed by atoms with Crippen LogP contribution in [0.1, 0.15) is 48.9 Å². The highest BCUT2D eigenvalue weighted by Crippen LogP contribution is 2.45. The summed E-state index contributed by atoms with van der Waals surface area (Å²) in [6.07, 6.45) is 1.78. The Morgan fingerprint density at radius 1 is 1.32 bits per heavy atom. The lowest BCUT2D eigenvalue weighted by atomic mass is 9.60. The number of nitrogens with two attached hydrogens (primary N) is 1. The van der Waals surface area contributed by atoms with Gasteiger partial charge in [-0.15, -0.1) is 0 Å². The van der Waals surface area contributed by atoms with Gasteiger partial charge in [0.05, 0.1) is 18.1 Å². The molecule has 2 bridgehead atoms. The Labute approximate surface area is 150 Å². The van der Waals surface area contributed by atoms with Gasteiger partial charge >= 0.3 is 0 Å². The van der Waals surface area contributed by atoms with Crippen LogP contribution in [0.4, 0.5) is 0 Å². The molecule has 7 heteroatoms. The summed E-state index contributed by atoms with van der Waals surface area (Å²) in [6.45, 7) is 0. The van der Waals surface area contributed by atoms with E-state index in [9.17, 15) is 14.7 Å². The number of carbonyl (C=O) groups is 2. The molecule has 2 unspecified atom stereocenters. The highest BCUT2D eigenvalue weighted by molar-refractivity contribution is 6.31. The van der Waals surface area contributed by atoms with Gasteiger partial charge in [0.25, 0.3) is 5.91 Å². The Kier molecular flexibility index (Phi) is 3.83. The lowest BCUT2D eigenvalue weighted by Gasteiger charge is -2.54. The van der Waals surface area contributed by atoms with Crippen molar-refractivity contribution < 1.29 is 19.4 Å². The first-order valence-electron chi connectivity index (χ1n) is 8.59. The van der Waals surface area contributed by atoms with Crippen molar-refractivity contribution in [3.63, 3.8) is 0 Å². The van der Waals surface area contributed by atoms with E-state index in [4.69, 9.17) is 22.1 Å². The van der Waals surface area contributed by atoms with Crippen molar-refractivity contribution in [2.24, 2.45) is 5.73 Å². The monoisotopic (exact) mass is 364 g/mol. The first-order chi connectivity index (χ1) is 11.8. The summed E-state index contributed by atoms with van der Waals surface area (Å²) in [6, 6.07) is 4.80. The molecule has 0 spiro atoms. The first kappa shape index (κ1) is 16.8. The van der Waals surface area contributed by atoms with Gasteiger partial charge in [-0.2, -0.15) is 0 Å². The summed E-state index contributed by atoms with van der Waals surface area (Å²) < 4.78 is 5.73. The number of Topliss-reactive ketones (excluding diaryl/α,β-unsaturated/α-hetero) is 1. The molecule has 1 aromatic rings. The highest BCUT2D eigenvalue weighted by Gasteiger charge is 2.53. The molecule has 0 saturated heterocycles. The third kappa shape index (κ3) is 2.82. The Bertz CT molecular complexity index is 743. The molecule has 3 aliphatic carbocycles. The second kappa shape index (κ2) is 5.69.